The molecule has 2 N–H and O–H groups in total. The highest BCUT2D eigenvalue weighted by Crippen LogP contribution is 2.21. The Labute approximate surface area is 131 Å². The summed E-state index contributed by atoms with van der Waals surface area (Å²) < 4.78 is 0. The Bertz CT molecular complexity index is 467. The summed E-state index contributed by atoms with van der Waals surface area (Å²) in [4.78, 5) is 25.8. The van der Waals surface area contributed by atoms with Crippen molar-refractivity contribution in [2.45, 2.75) is 25.3 Å². The molecule has 0 saturated carbocycles. The van der Waals surface area contributed by atoms with Gasteiger partial charge in [-0.15, -0.1) is 12.4 Å². The number of nitrogens with one attached hydrogen (secondary N) is 2. The molecule has 21 heavy (non-hydrogen) atoms. The van der Waals surface area contributed by atoms with E-state index in [1.54, 1.807) is 4.90 Å². The summed E-state index contributed by atoms with van der Waals surface area (Å²) in [6.07, 6.45) is 1.91. The van der Waals surface area contributed by atoms with Gasteiger partial charge in [0, 0.05) is 18.7 Å². The predicted molar refractivity (Wildman–Crippen MR) is 85.8 cm³/mol. The number of nitrogens with zero attached hydrogens (tertiary/aromatic N) is 1. The van der Waals surface area contributed by atoms with Gasteiger partial charge in [-0.3, -0.25) is 9.59 Å². The number of hydrogen-bond acceptors (Lipinski definition) is 3. The molecule has 0 spiro atoms. The summed E-state index contributed by atoms with van der Waals surface area (Å²) >= 11 is 0. The maximum atomic E-state index is 12.3. The monoisotopic (exact) mass is 311 g/mol. The first kappa shape index (κ1) is 17.5. The molecule has 1 fully saturated rings. The molecule has 1 aliphatic heterocycles. The first-order chi connectivity index (χ1) is 9.72. The molecule has 1 saturated heterocycles. The van der Waals surface area contributed by atoms with Gasteiger partial charge in [0.05, 0.1) is 0 Å². The fraction of sp³-hybridized carbons (Fsp3) is 0.467. The summed E-state index contributed by atoms with van der Waals surface area (Å²) in [6, 6.07) is 9.19. The van der Waals surface area contributed by atoms with Gasteiger partial charge in [-0.25, -0.2) is 0 Å². The number of anilines is 1. The van der Waals surface area contributed by atoms with E-state index in [4.69, 9.17) is 0 Å². The predicted octanol–water partition coefficient (Wildman–Crippen LogP) is 1.33. The van der Waals surface area contributed by atoms with Crippen LogP contribution in [0.1, 0.15) is 19.3 Å². The van der Waals surface area contributed by atoms with Gasteiger partial charge in [-0.05, 0) is 38.6 Å². The maximum absolute atomic E-state index is 12.3. The van der Waals surface area contributed by atoms with Crippen LogP contribution >= 0.6 is 12.4 Å². The van der Waals surface area contributed by atoms with Gasteiger partial charge < -0.3 is 15.5 Å². The van der Waals surface area contributed by atoms with Crippen LogP contribution in [0.25, 0.3) is 0 Å². The molecule has 2 rings (SSSR count). The lowest BCUT2D eigenvalue weighted by Gasteiger charge is -2.17. The standard InChI is InChI=1S/C15H21N3O2.ClH/c1-16-10-5-8-14(19)17-13-9-11-18(15(13)20)12-6-3-2-4-7-12;/h2-4,6-7,13,16H,5,8-11H2,1H3,(H,17,19);1H. The Morgan fingerprint density at radius 1 is 1.33 bits per heavy atom. The molecule has 116 valence electrons. The van der Waals surface area contributed by atoms with Crippen molar-refractivity contribution in [2.24, 2.45) is 0 Å². The largest absolute Gasteiger partial charge is 0.344 e. The minimum Gasteiger partial charge on any atom is -0.344 e. The van der Waals surface area contributed by atoms with Gasteiger partial charge in [-0.2, -0.15) is 0 Å². The minimum atomic E-state index is -0.378. The minimum absolute atomic E-state index is 0. The summed E-state index contributed by atoms with van der Waals surface area (Å²) in [7, 11) is 1.86. The Morgan fingerprint density at radius 2 is 2.05 bits per heavy atom. The molecule has 0 bridgehead atoms. The third-order valence-corrected chi connectivity index (χ3v) is 3.44. The molecule has 0 aliphatic carbocycles. The number of amides is 2. The highest BCUT2D eigenvalue weighted by Gasteiger charge is 2.33. The molecule has 6 heteroatoms. The van der Waals surface area contributed by atoms with Crippen LogP contribution in [-0.4, -0.2) is 38.0 Å². The zero-order valence-electron chi connectivity index (χ0n) is 12.2. The highest BCUT2D eigenvalue weighted by molar-refractivity contribution is 6.01. The molecule has 1 atom stereocenters. The number of carbonyl (C=O) groups excluding carboxylic acids is 2. The molecule has 1 aromatic rings. The lowest BCUT2D eigenvalue weighted by atomic mass is 10.2. The smallest absolute Gasteiger partial charge is 0.249 e. The molecule has 1 aromatic carbocycles. The van der Waals surface area contributed by atoms with E-state index in [1.165, 1.54) is 0 Å². The quantitative estimate of drug-likeness (QED) is 0.779. The van der Waals surface area contributed by atoms with Gasteiger partial charge in [-0.1, -0.05) is 18.2 Å². The van der Waals surface area contributed by atoms with E-state index in [1.807, 2.05) is 37.4 Å². The fourth-order valence-electron chi connectivity index (χ4n) is 2.37. The number of para-hydroxylation sites is 1. The summed E-state index contributed by atoms with van der Waals surface area (Å²) in [6.45, 7) is 1.46. The number of halogens is 1. The first-order valence-corrected chi connectivity index (χ1v) is 7.03. The Kier molecular flexibility index (Phi) is 7.19. The average molecular weight is 312 g/mol. The van der Waals surface area contributed by atoms with Crippen LogP contribution in [0.4, 0.5) is 5.69 Å². The van der Waals surface area contributed by atoms with Gasteiger partial charge in [0.1, 0.15) is 6.04 Å². The van der Waals surface area contributed by atoms with Crippen LogP contribution in [0, 0.1) is 0 Å². The van der Waals surface area contributed by atoms with Crippen LogP contribution in [0.15, 0.2) is 30.3 Å². The van der Waals surface area contributed by atoms with Crippen molar-refractivity contribution >= 4 is 29.9 Å². The molecule has 0 aromatic heterocycles. The first-order valence-electron chi connectivity index (χ1n) is 7.03. The van der Waals surface area contributed by atoms with Crippen molar-refractivity contribution in [3.05, 3.63) is 30.3 Å². The van der Waals surface area contributed by atoms with Gasteiger partial charge in [0.15, 0.2) is 0 Å². The maximum Gasteiger partial charge on any atom is 0.249 e. The van der Waals surface area contributed by atoms with Gasteiger partial charge in [0.2, 0.25) is 11.8 Å². The Balaban J connectivity index is 0.00000220. The van der Waals surface area contributed by atoms with Crippen molar-refractivity contribution < 1.29 is 9.59 Å². The normalized spacial score (nSPS) is 17.5. The number of benzene rings is 1. The fourth-order valence-corrected chi connectivity index (χ4v) is 2.37. The average Bonchev–Trinajstić information content (AvgIpc) is 2.81. The zero-order valence-corrected chi connectivity index (χ0v) is 13.0. The van der Waals surface area contributed by atoms with Crippen LogP contribution in [0.2, 0.25) is 0 Å². The lowest BCUT2D eigenvalue weighted by molar-refractivity contribution is -0.126. The molecular weight excluding hydrogens is 290 g/mol. The number of rotatable bonds is 6. The molecule has 5 nitrogen and oxygen atoms in total. The second kappa shape index (κ2) is 8.64. The molecular formula is C15H22ClN3O2. The third-order valence-electron chi connectivity index (χ3n) is 3.44. The van der Waals surface area contributed by atoms with E-state index >= 15 is 0 Å². The zero-order chi connectivity index (χ0) is 14.4. The van der Waals surface area contributed by atoms with Gasteiger partial charge >= 0.3 is 0 Å². The van der Waals surface area contributed by atoms with Crippen LogP contribution in [-0.2, 0) is 9.59 Å². The second-order valence-corrected chi connectivity index (χ2v) is 4.94. The summed E-state index contributed by atoms with van der Waals surface area (Å²) in [5, 5.41) is 5.83. The Morgan fingerprint density at radius 3 is 2.71 bits per heavy atom. The second-order valence-electron chi connectivity index (χ2n) is 4.94. The van der Waals surface area contributed by atoms with E-state index in [2.05, 4.69) is 10.6 Å². The van der Waals surface area contributed by atoms with Gasteiger partial charge in [0.25, 0.3) is 0 Å². The van der Waals surface area contributed by atoms with Crippen molar-refractivity contribution in [2.75, 3.05) is 25.0 Å². The van der Waals surface area contributed by atoms with Crippen LogP contribution in [0.3, 0.4) is 0 Å². The lowest BCUT2D eigenvalue weighted by Crippen LogP contribution is -2.41. The van der Waals surface area contributed by atoms with E-state index in [-0.39, 0.29) is 30.3 Å². The molecule has 1 heterocycles. The van der Waals surface area contributed by atoms with Crippen LogP contribution in [0.5, 0.6) is 0 Å². The Hall–Kier alpha value is -1.59. The van der Waals surface area contributed by atoms with E-state index in [0.29, 0.717) is 19.4 Å². The van der Waals surface area contributed by atoms with Crippen LogP contribution < -0.4 is 15.5 Å². The SMILES string of the molecule is CNCCCC(=O)NC1CCN(c2ccccc2)C1=O.Cl. The molecule has 0 radical (unpaired) electrons. The molecule has 2 amide bonds. The van der Waals surface area contributed by atoms with Crippen molar-refractivity contribution in [3.63, 3.8) is 0 Å². The van der Waals surface area contributed by atoms with Crippen molar-refractivity contribution in [1.82, 2.24) is 10.6 Å². The topological polar surface area (TPSA) is 61.4 Å². The van der Waals surface area contributed by atoms with Crippen molar-refractivity contribution in [3.8, 4) is 0 Å². The third kappa shape index (κ3) is 4.72. The number of carbonyl (C=O) groups is 2. The number of hydrogen-bond donors (Lipinski definition) is 2. The van der Waals surface area contributed by atoms with E-state index in [9.17, 15) is 9.59 Å². The van der Waals surface area contributed by atoms with Crippen molar-refractivity contribution in [1.29, 1.82) is 0 Å². The summed E-state index contributed by atoms with van der Waals surface area (Å²) in [5.74, 6) is -0.0633. The molecule has 1 aliphatic rings. The molecule has 1 unspecified atom stereocenters. The van der Waals surface area contributed by atoms with E-state index < -0.39 is 0 Å². The summed E-state index contributed by atoms with van der Waals surface area (Å²) in [5.41, 5.74) is 0.893. The van der Waals surface area contributed by atoms with E-state index in [0.717, 1.165) is 18.7 Å². The highest BCUT2D eigenvalue weighted by atomic mass is 35.5.